The van der Waals surface area contributed by atoms with Gasteiger partial charge in [-0.1, -0.05) is 38.4 Å². The lowest BCUT2D eigenvalue weighted by Crippen LogP contribution is -2.32. The molecule has 0 heterocycles. The zero-order chi connectivity index (χ0) is 13.9. The first kappa shape index (κ1) is 14.8. The molecule has 0 spiro atoms. The largest absolute Gasteiger partial charge is 0.469 e. The first-order valence-electron chi connectivity index (χ1n) is 5.93. The van der Waals surface area contributed by atoms with Gasteiger partial charge in [0.15, 0.2) is 0 Å². The first-order valence-corrected chi connectivity index (χ1v) is 6.31. The SMILES string of the molecule is COC(=O)C[C@@](C)(c1ccc(Cl)c(N)c1)C(C)C. The highest BCUT2D eigenvalue weighted by Crippen LogP contribution is 2.37. The van der Waals surface area contributed by atoms with E-state index in [0.717, 1.165) is 5.56 Å². The van der Waals surface area contributed by atoms with Crippen LogP contribution in [0.5, 0.6) is 0 Å². The number of benzene rings is 1. The average molecular weight is 270 g/mol. The van der Waals surface area contributed by atoms with Crippen molar-refractivity contribution < 1.29 is 9.53 Å². The number of anilines is 1. The molecular formula is C14H20ClNO2. The summed E-state index contributed by atoms with van der Waals surface area (Å²) in [6.07, 6.45) is 0.322. The molecule has 0 unspecified atom stereocenters. The minimum absolute atomic E-state index is 0.222. The van der Waals surface area contributed by atoms with Crippen LogP contribution in [0, 0.1) is 5.92 Å². The monoisotopic (exact) mass is 269 g/mol. The van der Waals surface area contributed by atoms with Gasteiger partial charge in [-0.05, 0) is 23.6 Å². The van der Waals surface area contributed by atoms with Gasteiger partial charge in [0.25, 0.3) is 0 Å². The Morgan fingerprint density at radius 3 is 2.56 bits per heavy atom. The Morgan fingerprint density at radius 1 is 1.50 bits per heavy atom. The molecule has 0 aliphatic rings. The third kappa shape index (κ3) is 2.96. The van der Waals surface area contributed by atoms with Crippen molar-refractivity contribution in [3.05, 3.63) is 28.8 Å². The second-order valence-electron chi connectivity index (χ2n) is 5.06. The minimum Gasteiger partial charge on any atom is -0.469 e. The number of hydrogen-bond donors (Lipinski definition) is 1. The van der Waals surface area contributed by atoms with E-state index in [4.69, 9.17) is 22.1 Å². The number of nitrogens with two attached hydrogens (primary N) is 1. The van der Waals surface area contributed by atoms with Crippen LogP contribution in [0.2, 0.25) is 5.02 Å². The Bertz CT molecular complexity index is 445. The molecule has 0 amide bonds. The van der Waals surface area contributed by atoms with E-state index in [1.54, 1.807) is 6.07 Å². The molecule has 1 aromatic rings. The molecule has 4 heteroatoms. The zero-order valence-corrected chi connectivity index (χ0v) is 12.0. The number of ether oxygens (including phenoxy) is 1. The van der Waals surface area contributed by atoms with Gasteiger partial charge in [-0.2, -0.15) is 0 Å². The summed E-state index contributed by atoms with van der Waals surface area (Å²) in [7, 11) is 1.40. The third-order valence-corrected chi connectivity index (χ3v) is 4.01. The fourth-order valence-electron chi connectivity index (χ4n) is 1.91. The van der Waals surface area contributed by atoms with Crippen molar-refractivity contribution in [3.63, 3.8) is 0 Å². The van der Waals surface area contributed by atoms with Crippen LogP contribution in [0.25, 0.3) is 0 Å². The van der Waals surface area contributed by atoms with E-state index in [2.05, 4.69) is 13.8 Å². The fraction of sp³-hybridized carbons (Fsp3) is 0.500. The number of carbonyl (C=O) groups is 1. The summed E-state index contributed by atoms with van der Waals surface area (Å²) < 4.78 is 4.78. The molecule has 0 saturated carbocycles. The van der Waals surface area contributed by atoms with Gasteiger partial charge in [0.2, 0.25) is 0 Å². The maximum absolute atomic E-state index is 11.6. The summed E-state index contributed by atoms with van der Waals surface area (Å²) >= 11 is 5.93. The number of methoxy groups -OCH3 is 1. The van der Waals surface area contributed by atoms with Crippen molar-refractivity contribution in [1.82, 2.24) is 0 Å². The maximum Gasteiger partial charge on any atom is 0.306 e. The Morgan fingerprint density at radius 2 is 2.11 bits per heavy atom. The van der Waals surface area contributed by atoms with Crippen molar-refractivity contribution >= 4 is 23.3 Å². The molecule has 1 aromatic carbocycles. The smallest absolute Gasteiger partial charge is 0.306 e. The molecule has 0 aliphatic heterocycles. The molecule has 1 rings (SSSR count). The summed E-state index contributed by atoms with van der Waals surface area (Å²) in [5.41, 5.74) is 7.06. The highest BCUT2D eigenvalue weighted by Gasteiger charge is 2.33. The number of nitrogen functional groups attached to an aromatic ring is 1. The van der Waals surface area contributed by atoms with E-state index in [-0.39, 0.29) is 17.3 Å². The molecule has 0 aromatic heterocycles. The predicted molar refractivity (Wildman–Crippen MR) is 74.7 cm³/mol. The quantitative estimate of drug-likeness (QED) is 0.673. The number of rotatable bonds is 4. The lowest BCUT2D eigenvalue weighted by atomic mass is 9.71. The Kier molecular flexibility index (Phi) is 4.63. The maximum atomic E-state index is 11.6. The third-order valence-electron chi connectivity index (χ3n) is 3.67. The van der Waals surface area contributed by atoms with Crippen LogP contribution in [0.1, 0.15) is 32.8 Å². The highest BCUT2D eigenvalue weighted by molar-refractivity contribution is 6.33. The topological polar surface area (TPSA) is 52.3 Å². The fourth-order valence-corrected chi connectivity index (χ4v) is 2.03. The Hall–Kier alpha value is -1.22. The lowest BCUT2D eigenvalue weighted by molar-refractivity contribution is -0.142. The van der Waals surface area contributed by atoms with Gasteiger partial charge < -0.3 is 10.5 Å². The standard InChI is InChI=1S/C14H20ClNO2/c1-9(2)14(3,8-13(17)18-4)10-5-6-11(15)12(16)7-10/h5-7,9H,8,16H2,1-4H3/t14-/m1/s1. The summed E-state index contributed by atoms with van der Waals surface area (Å²) in [6, 6.07) is 5.52. The van der Waals surface area contributed by atoms with Crippen LogP contribution in [0.3, 0.4) is 0 Å². The molecule has 0 bridgehead atoms. The normalized spacial score (nSPS) is 14.3. The number of carbonyl (C=O) groups excluding carboxylic acids is 1. The van der Waals surface area contributed by atoms with E-state index in [1.165, 1.54) is 7.11 Å². The van der Waals surface area contributed by atoms with Gasteiger partial charge in [-0.25, -0.2) is 0 Å². The number of esters is 1. The van der Waals surface area contributed by atoms with Crippen LogP contribution >= 0.6 is 11.6 Å². The van der Waals surface area contributed by atoms with E-state index in [1.807, 2.05) is 19.1 Å². The number of hydrogen-bond acceptors (Lipinski definition) is 3. The lowest BCUT2D eigenvalue weighted by Gasteiger charge is -2.33. The van der Waals surface area contributed by atoms with Crippen LogP contribution in [-0.2, 0) is 14.9 Å². The first-order chi connectivity index (χ1) is 8.31. The van der Waals surface area contributed by atoms with Crippen molar-refractivity contribution in [2.45, 2.75) is 32.6 Å². The molecule has 1 atom stereocenters. The second kappa shape index (κ2) is 5.61. The van der Waals surface area contributed by atoms with Gasteiger partial charge in [0, 0.05) is 5.41 Å². The zero-order valence-electron chi connectivity index (χ0n) is 11.3. The van der Waals surface area contributed by atoms with Gasteiger partial charge in [0.1, 0.15) is 0 Å². The van der Waals surface area contributed by atoms with Crippen LogP contribution in [-0.4, -0.2) is 13.1 Å². The Labute approximate surface area is 113 Å². The molecular weight excluding hydrogens is 250 g/mol. The summed E-state index contributed by atoms with van der Waals surface area (Å²) in [4.78, 5) is 11.6. The second-order valence-corrected chi connectivity index (χ2v) is 5.47. The molecule has 0 saturated heterocycles. The minimum atomic E-state index is -0.314. The van der Waals surface area contributed by atoms with Gasteiger partial charge in [-0.15, -0.1) is 0 Å². The summed E-state index contributed by atoms with van der Waals surface area (Å²) in [5.74, 6) is 0.0527. The van der Waals surface area contributed by atoms with E-state index < -0.39 is 0 Å². The predicted octanol–water partition coefficient (Wildman–Crippen LogP) is 3.40. The van der Waals surface area contributed by atoms with Crippen molar-refractivity contribution in [2.75, 3.05) is 12.8 Å². The van der Waals surface area contributed by atoms with Crippen LogP contribution in [0.15, 0.2) is 18.2 Å². The van der Waals surface area contributed by atoms with E-state index in [9.17, 15) is 4.79 Å². The molecule has 2 N–H and O–H groups in total. The highest BCUT2D eigenvalue weighted by atomic mass is 35.5. The molecule has 0 aliphatic carbocycles. The van der Waals surface area contributed by atoms with Crippen molar-refractivity contribution in [2.24, 2.45) is 5.92 Å². The van der Waals surface area contributed by atoms with Gasteiger partial charge in [0.05, 0.1) is 24.2 Å². The average Bonchev–Trinajstić information content (AvgIpc) is 2.31. The summed E-state index contributed by atoms with van der Waals surface area (Å²) in [5, 5.41) is 0.530. The van der Waals surface area contributed by atoms with E-state index >= 15 is 0 Å². The Balaban J connectivity index is 3.18. The molecule has 0 fully saturated rings. The van der Waals surface area contributed by atoms with Crippen LogP contribution < -0.4 is 5.73 Å². The molecule has 18 heavy (non-hydrogen) atoms. The molecule has 3 nitrogen and oxygen atoms in total. The summed E-state index contributed by atoms with van der Waals surface area (Å²) in [6.45, 7) is 6.19. The van der Waals surface area contributed by atoms with E-state index in [0.29, 0.717) is 17.1 Å². The molecule has 0 radical (unpaired) electrons. The van der Waals surface area contributed by atoms with Crippen LogP contribution in [0.4, 0.5) is 5.69 Å². The van der Waals surface area contributed by atoms with Crippen molar-refractivity contribution in [1.29, 1.82) is 0 Å². The van der Waals surface area contributed by atoms with Crippen molar-refractivity contribution in [3.8, 4) is 0 Å². The van der Waals surface area contributed by atoms with Gasteiger partial charge in [-0.3, -0.25) is 4.79 Å². The number of halogens is 1. The van der Waals surface area contributed by atoms with Gasteiger partial charge >= 0.3 is 5.97 Å². The molecule has 100 valence electrons.